The van der Waals surface area contributed by atoms with Gasteiger partial charge in [-0.3, -0.25) is 4.79 Å². The van der Waals surface area contributed by atoms with Crippen LogP contribution >= 0.6 is 11.8 Å². The highest BCUT2D eigenvalue weighted by Gasteiger charge is 2.39. The number of carbonyl (C=O) groups excluding carboxylic acids is 1. The van der Waals surface area contributed by atoms with E-state index in [0.29, 0.717) is 5.91 Å². The molecule has 1 aromatic carbocycles. The molecule has 1 saturated carbocycles. The Morgan fingerprint density at radius 1 is 1.20 bits per heavy atom. The Labute approximate surface area is 123 Å². The van der Waals surface area contributed by atoms with Crippen LogP contribution in [-0.2, 0) is 4.79 Å². The minimum absolute atomic E-state index is 0.0899. The summed E-state index contributed by atoms with van der Waals surface area (Å²) in [7, 11) is 3.29. The van der Waals surface area contributed by atoms with Gasteiger partial charge < -0.3 is 14.4 Å². The van der Waals surface area contributed by atoms with E-state index in [2.05, 4.69) is 0 Å². The third-order valence-corrected chi connectivity index (χ3v) is 5.02. The van der Waals surface area contributed by atoms with Gasteiger partial charge in [-0.2, -0.15) is 0 Å². The SMILES string of the molecule is COc1cc(OC)cc([C@@H]2SCCN2C(=O)C2CC2)c1. The van der Waals surface area contributed by atoms with Gasteiger partial charge in [-0.15, -0.1) is 11.8 Å². The van der Waals surface area contributed by atoms with Crippen molar-refractivity contribution in [2.24, 2.45) is 5.92 Å². The summed E-state index contributed by atoms with van der Waals surface area (Å²) < 4.78 is 10.6. The van der Waals surface area contributed by atoms with Gasteiger partial charge in [0.05, 0.1) is 14.2 Å². The number of thioether (sulfide) groups is 1. The average Bonchev–Trinajstić information content (AvgIpc) is 3.22. The Balaban J connectivity index is 1.88. The molecule has 5 heteroatoms. The zero-order chi connectivity index (χ0) is 14.1. The van der Waals surface area contributed by atoms with Crippen molar-refractivity contribution >= 4 is 17.7 Å². The van der Waals surface area contributed by atoms with E-state index in [9.17, 15) is 4.79 Å². The third-order valence-electron chi connectivity index (χ3n) is 3.76. The number of benzene rings is 1. The van der Waals surface area contributed by atoms with Crippen LogP contribution in [0.15, 0.2) is 18.2 Å². The summed E-state index contributed by atoms with van der Waals surface area (Å²) in [5, 5.41) is 0.0899. The van der Waals surface area contributed by atoms with E-state index in [-0.39, 0.29) is 11.3 Å². The second-order valence-corrected chi connectivity index (χ2v) is 6.36. The molecule has 0 spiro atoms. The summed E-state index contributed by atoms with van der Waals surface area (Å²) in [6.07, 6.45) is 2.10. The van der Waals surface area contributed by atoms with E-state index < -0.39 is 0 Å². The van der Waals surface area contributed by atoms with Gasteiger partial charge in [-0.25, -0.2) is 0 Å². The highest BCUT2D eigenvalue weighted by atomic mass is 32.2. The van der Waals surface area contributed by atoms with Crippen molar-refractivity contribution in [3.05, 3.63) is 23.8 Å². The first-order valence-corrected chi connectivity index (χ1v) is 7.93. The van der Waals surface area contributed by atoms with Gasteiger partial charge in [-0.05, 0) is 30.5 Å². The summed E-state index contributed by atoms with van der Waals surface area (Å²) in [6, 6.07) is 5.85. The van der Waals surface area contributed by atoms with Crippen LogP contribution in [0, 0.1) is 5.92 Å². The predicted octanol–water partition coefficient (Wildman–Crippen LogP) is 2.69. The molecular formula is C15H19NO3S. The summed E-state index contributed by atoms with van der Waals surface area (Å²) in [4.78, 5) is 14.4. The van der Waals surface area contributed by atoms with Crippen molar-refractivity contribution in [3.63, 3.8) is 0 Å². The molecular weight excluding hydrogens is 274 g/mol. The molecule has 1 saturated heterocycles. The zero-order valence-corrected chi connectivity index (χ0v) is 12.6. The van der Waals surface area contributed by atoms with Gasteiger partial charge >= 0.3 is 0 Å². The molecule has 0 N–H and O–H groups in total. The molecule has 3 rings (SSSR count). The maximum atomic E-state index is 12.4. The van der Waals surface area contributed by atoms with Gasteiger partial charge in [0.15, 0.2) is 0 Å². The van der Waals surface area contributed by atoms with E-state index in [0.717, 1.165) is 42.2 Å². The van der Waals surface area contributed by atoms with Crippen LogP contribution in [0.2, 0.25) is 0 Å². The minimum atomic E-state index is 0.0899. The van der Waals surface area contributed by atoms with Crippen LogP contribution in [0.3, 0.4) is 0 Å². The van der Waals surface area contributed by atoms with Crippen LogP contribution in [0.1, 0.15) is 23.8 Å². The van der Waals surface area contributed by atoms with E-state index in [1.54, 1.807) is 14.2 Å². The molecule has 2 aliphatic rings. The van der Waals surface area contributed by atoms with E-state index in [1.165, 1.54) is 0 Å². The fraction of sp³-hybridized carbons (Fsp3) is 0.533. The van der Waals surface area contributed by atoms with Crippen molar-refractivity contribution in [3.8, 4) is 11.5 Å². The standard InChI is InChI=1S/C15H19NO3S/c1-18-12-7-11(8-13(9-12)19-2)15-16(5-6-20-15)14(17)10-3-4-10/h7-10,15H,3-6H2,1-2H3/t15-/m0/s1. The third kappa shape index (κ3) is 2.59. The van der Waals surface area contributed by atoms with Gasteiger partial charge in [0, 0.05) is 24.3 Å². The highest BCUT2D eigenvalue weighted by Crippen LogP contribution is 2.43. The lowest BCUT2D eigenvalue weighted by molar-refractivity contribution is -0.132. The van der Waals surface area contributed by atoms with Crippen molar-refractivity contribution in [2.75, 3.05) is 26.5 Å². The number of rotatable bonds is 4. The number of amides is 1. The summed E-state index contributed by atoms with van der Waals surface area (Å²) >= 11 is 1.81. The molecule has 0 radical (unpaired) electrons. The number of ether oxygens (including phenoxy) is 2. The number of carbonyl (C=O) groups is 1. The van der Waals surface area contributed by atoms with E-state index in [1.807, 2.05) is 34.9 Å². The highest BCUT2D eigenvalue weighted by molar-refractivity contribution is 7.99. The van der Waals surface area contributed by atoms with Crippen molar-refractivity contribution in [2.45, 2.75) is 18.2 Å². The van der Waals surface area contributed by atoms with Crippen molar-refractivity contribution in [1.82, 2.24) is 4.90 Å². The number of hydrogen-bond donors (Lipinski definition) is 0. The molecule has 108 valence electrons. The van der Waals surface area contributed by atoms with Crippen LogP contribution in [0.25, 0.3) is 0 Å². The van der Waals surface area contributed by atoms with Gasteiger partial charge in [0.25, 0.3) is 0 Å². The fourth-order valence-corrected chi connectivity index (χ4v) is 3.75. The Morgan fingerprint density at radius 3 is 2.40 bits per heavy atom. The normalized spacial score (nSPS) is 21.9. The average molecular weight is 293 g/mol. The Bertz CT molecular complexity index is 494. The van der Waals surface area contributed by atoms with Crippen LogP contribution in [0.4, 0.5) is 0 Å². The molecule has 1 atom stereocenters. The van der Waals surface area contributed by atoms with Gasteiger partial charge in [-0.1, -0.05) is 0 Å². The minimum Gasteiger partial charge on any atom is -0.497 e. The first-order valence-electron chi connectivity index (χ1n) is 6.88. The lowest BCUT2D eigenvalue weighted by Gasteiger charge is -2.24. The van der Waals surface area contributed by atoms with Crippen molar-refractivity contribution in [1.29, 1.82) is 0 Å². The predicted molar refractivity (Wildman–Crippen MR) is 79.2 cm³/mol. The van der Waals surface area contributed by atoms with E-state index >= 15 is 0 Å². The smallest absolute Gasteiger partial charge is 0.226 e. The molecule has 1 aliphatic heterocycles. The molecule has 4 nitrogen and oxygen atoms in total. The summed E-state index contributed by atoms with van der Waals surface area (Å²) in [5.41, 5.74) is 1.08. The molecule has 0 aromatic heterocycles. The Morgan fingerprint density at radius 2 is 1.85 bits per heavy atom. The number of hydrogen-bond acceptors (Lipinski definition) is 4. The molecule has 20 heavy (non-hydrogen) atoms. The second-order valence-electron chi connectivity index (χ2n) is 5.18. The Kier molecular flexibility index (Phi) is 3.78. The molecule has 1 aromatic rings. The maximum Gasteiger partial charge on any atom is 0.226 e. The zero-order valence-electron chi connectivity index (χ0n) is 11.8. The topological polar surface area (TPSA) is 38.8 Å². The Hall–Kier alpha value is -1.36. The van der Waals surface area contributed by atoms with Gasteiger partial charge in [0.1, 0.15) is 16.9 Å². The van der Waals surface area contributed by atoms with Crippen molar-refractivity contribution < 1.29 is 14.3 Å². The quantitative estimate of drug-likeness (QED) is 0.855. The molecule has 1 aliphatic carbocycles. The number of methoxy groups -OCH3 is 2. The lowest BCUT2D eigenvalue weighted by atomic mass is 10.1. The second kappa shape index (κ2) is 5.56. The summed E-state index contributed by atoms with van der Waals surface area (Å²) in [5.74, 6) is 3.10. The summed E-state index contributed by atoms with van der Waals surface area (Å²) in [6.45, 7) is 0.837. The van der Waals surface area contributed by atoms with Gasteiger partial charge in [0.2, 0.25) is 5.91 Å². The molecule has 2 fully saturated rings. The first-order chi connectivity index (χ1) is 9.72. The first kappa shape index (κ1) is 13.6. The monoisotopic (exact) mass is 293 g/mol. The van der Waals surface area contributed by atoms with Crippen LogP contribution in [-0.4, -0.2) is 37.3 Å². The number of nitrogens with zero attached hydrogens (tertiary/aromatic N) is 1. The molecule has 1 heterocycles. The molecule has 0 bridgehead atoms. The fourth-order valence-electron chi connectivity index (χ4n) is 2.51. The van der Waals surface area contributed by atoms with E-state index in [4.69, 9.17) is 9.47 Å². The van der Waals surface area contributed by atoms with Crippen LogP contribution < -0.4 is 9.47 Å². The maximum absolute atomic E-state index is 12.4. The lowest BCUT2D eigenvalue weighted by Crippen LogP contribution is -2.31. The van der Waals surface area contributed by atoms with Crippen LogP contribution in [0.5, 0.6) is 11.5 Å². The molecule has 0 unspecified atom stereocenters. The molecule has 1 amide bonds. The largest absolute Gasteiger partial charge is 0.497 e.